The molecule has 1 aromatic rings. The van der Waals surface area contributed by atoms with Gasteiger partial charge in [0.15, 0.2) is 0 Å². The first-order valence-electron chi connectivity index (χ1n) is 6.36. The minimum Gasteiger partial charge on any atom is -0.368 e. The van der Waals surface area contributed by atoms with E-state index in [0.717, 1.165) is 5.56 Å². The van der Waals surface area contributed by atoms with Crippen molar-refractivity contribution in [3.63, 3.8) is 0 Å². The lowest BCUT2D eigenvalue weighted by Gasteiger charge is -2.29. The van der Waals surface area contributed by atoms with Crippen molar-refractivity contribution in [3.05, 3.63) is 54.3 Å². The highest BCUT2D eigenvalue weighted by atomic mass is 32.2. The number of sulfonamides is 1. The van der Waals surface area contributed by atoms with Crippen LogP contribution < -0.4 is 10.5 Å². The predicted molar refractivity (Wildman–Crippen MR) is 79.5 cm³/mol. The molecule has 1 heterocycles. The lowest BCUT2D eigenvalue weighted by Crippen LogP contribution is -2.48. The van der Waals surface area contributed by atoms with Crippen LogP contribution in [-0.4, -0.2) is 31.9 Å². The van der Waals surface area contributed by atoms with Gasteiger partial charge in [-0.2, -0.15) is 4.72 Å². The number of carbonyl (C=O) groups is 1. The summed E-state index contributed by atoms with van der Waals surface area (Å²) < 4.78 is 27.2. The summed E-state index contributed by atoms with van der Waals surface area (Å²) in [6, 6.07) is 6.54. The van der Waals surface area contributed by atoms with E-state index in [0.29, 0.717) is 0 Å². The lowest BCUT2D eigenvalue weighted by molar-refractivity contribution is -0.118. The van der Waals surface area contributed by atoms with Gasteiger partial charge in [0.1, 0.15) is 6.17 Å². The molecule has 0 saturated carbocycles. The fraction of sp³-hybridized carbons (Fsp3) is 0.214. The Morgan fingerprint density at radius 2 is 1.95 bits per heavy atom. The van der Waals surface area contributed by atoms with Gasteiger partial charge in [-0.3, -0.25) is 4.79 Å². The van der Waals surface area contributed by atoms with E-state index in [-0.39, 0.29) is 11.4 Å². The average molecular weight is 307 g/mol. The van der Waals surface area contributed by atoms with E-state index in [2.05, 4.69) is 4.72 Å². The quantitative estimate of drug-likeness (QED) is 0.827. The predicted octanol–water partition coefficient (Wildman–Crippen LogP) is 0.470. The van der Waals surface area contributed by atoms with Crippen LogP contribution in [0.2, 0.25) is 0 Å². The van der Waals surface area contributed by atoms with E-state index in [1.165, 1.54) is 4.90 Å². The Balaban J connectivity index is 2.18. The summed E-state index contributed by atoms with van der Waals surface area (Å²) in [4.78, 5) is 12.7. The molecule has 21 heavy (non-hydrogen) atoms. The average Bonchev–Trinajstić information content (AvgIpc) is 2.40. The third kappa shape index (κ3) is 3.93. The van der Waals surface area contributed by atoms with E-state index in [1.807, 2.05) is 6.92 Å². The van der Waals surface area contributed by atoms with Gasteiger partial charge in [0.2, 0.25) is 15.9 Å². The number of rotatable bonds is 5. The number of nitrogens with zero attached hydrogens (tertiary/aromatic N) is 1. The maximum absolute atomic E-state index is 12.3. The van der Waals surface area contributed by atoms with Crippen molar-refractivity contribution in [2.45, 2.75) is 18.0 Å². The van der Waals surface area contributed by atoms with Gasteiger partial charge in [-0.05, 0) is 31.2 Å². The Labute approximate surface area is 124 Å². The van der Waals surface area contributed by atoms with Crippen LogP contribution in [0, 0.1) is 6.92 Å². The Bertz CT molecular complexity index is 678. The number of nitrogens with one attached hydrogen (secondary N) is 1. The van der Waals surface area contributed by atoms with Gasteiger partial charge in [0, 0.05) is 6.20 Å². The van der Waals surface area contributed by atoms with E-state index in [1.54, 1.807) is 48.7 Å². The number of aryl methyl sites for hydroxylation is 1. The van der Waals surface area contributed by atoms with Crippen LogP contribution in [0.3, 0.4) is 0 Å². The molecule has 0 radical (unpaired) electrons. The first kappa shape index (κ1) is 15.3. The van der Waals surface area contributed by atoms with Crippen LogP contribution in [0.1, 0.15) is 5.56 Å². The minimum atomic E-state index is -3.67. The van der Waals surface area contributed by atoms with Crippen LogP contribution in [0.15, 0.2) is 53.6 Å². The van der Waals surface area contributed by atoms with Crippen molar-refractivity contribution in [1.29, 1.82) is 0 Å². The minimum absolute atomic E-state index is 0.0675. The highest BCUT2D eigenvalue weighted by molar-refractivity contribution is 7.89. The SMILES string of the molecule is Cc1ccc(S(=O)(=O)NC2C=CC=CN2CC(N)=O)cc1. The number of benzene rings is 1. The number of hydrogen-bond acceptors (Lipinski definition) is 4. The van der Waals surface area contributed by atoms with Crippen LogP contribution >= 0.6 is 0 Å². The highest BCUT2D eigenvalue weighted by Crippen LogP contribution is 2.13. The summed E-state index contributed by atoms with van der Waals surface area (Å²) in [7, 11) is -3.67. The van der Waals surface area contributed by atoms with Crippen molar-refractivity contribution in [3.8, 4) is 0 Å². The van der Waals surface area contributed by atoms with Gasteiger partial charge in [0.05, 0.1) is 11.4 Å². The summed E-state index contributed by atoms with van der Waals surface area (Å²) in [6.45, 7) is 1.81. The number of amides is 1. The molecule has 2 rings (SSSR count). The molecule has 3 N–H and O–H groups in total. The molecule has 1 atom stereocenters. The maximum Gasteiger partial charge on any atom is 0.242 e. The molecule has 112 valence electrons. The largest absolute Gasteiger partial charge is 0.368 e. The molecule has 0 aliphatic carbocycles. The summed E-state index contributed by atoms with van der Waals surface area (Å²) in [5.74, 6) is -0.533. The van der Waals surface area contributed by atoms with Gasteiger partial charge in [-0.1, -0.05) is 23.8 Å². The topological polar surface area (TPSA) is 92.5 Å². The van der Waals surface area contributed by atoms with E-state index in [4.69, 9.17) is 5.73 Å². The summed E-state index contributed by atoms with van der Waals surface area (Å²) in [5, 5.41) is 0. The molecular formula is C14H17N3O3S. The molecule has 7 heteroatoms. The third-order valence-corrected chi connectivity index (χ3v) is 4.43. The second-order valence-corrected chi connectivity index (χ2v) is 6.46. The van der Waals surface area contributed by atoms with Gasteiger partial charge >= 0.3 is 0 Å². The van der Waals surface area contributed by atoms with E-state index >= 15 is 0 Å². The Morgan fingerprint density at radius 3 is 2.57 bits per heavy atom. The number of carbonyl (C=O) groups excluding carboxylic acids is 1. The zero-order valence-electron chi connectivity index (χ0n) is 11.6. The van der Waals surface area contributed by atoms with Crippen LogP contribution in [0.4, 0.5) is 0 Å². The molecular weight excluding hydrogens is 290 g/mol. The van der Waals surface area contributed by atoms with Crippen LogP contribution in [0.25, 0.3) is 0 Å². The fourth-order valence-corrected chi connectivity index (χ4v) is 3.08. The standard InChI is InChI=1S/C14H17N3O3S/c1-11-5-7-12(8-6-11)21(19,20)16-14-4-2-3-9-17(14)10-13(15)18/h2-9,14,16H,10H2,1H3,(H2,15,18). The van der Waals surface area contributed by atoms with Gasteiger partial charge in [0.25, 0.3) is 0 Å². The van der Waals surface area contributed by atoms with Gasteiger partial charge in [-0.15, -0.1) is 0 Å². The van der Waals surface area contributed by atoms with Gasteiger partial charge in [-0.25, -0.2) is 8.42 Å². The smallest absolute Gasteiger partial charge is 0.242 e. The van der Waals surface area contributed by atoms with Crippen molar-refractivity contribution >= 4 is 15.9 Å². The molecule has 0 aromatic heterocycles. The van der Waals surface area contributed by atoms with E-state index < -0.39 is 22.1 Å². The molecule has 1 unspecified atom stereocenters. The Kier molecular flexibility index (Phi) is 4.44. The van der Waals surface area contributed by atoms with Crippen LogP contribution in [0.5, 0.6) is 0 Å². The lowest BCUT2D eigenvalue weighted by atomic mass is 10.2. The molecule has 0 bridgehead atoms. The highest BCUT2D eigenvalue weighted by Gasteiger charge is 2.23. The van der Waals surface area contributed by atoms with Crippen molar-refractivity contribution in [2.24, 2.45) is 5.73 Å². The van der Waals surface area contributed by atoms with Crippen LogP contribution in [-0.2, 0) is 14.8 Å². The fourth-order valence-electron chi connectivity index (χ4n) is 1.92. The molecule has 0 spiro atoms. The molecule has 1 aliphatic heterocycles. The first-order chi connectivity index (χ1) is 9.88. The Morgan fingerprint density at radius 1 is 1.29 bits per heavy atom. The van der Waals surface area contributed by atoms with Crippen molar-refractivity contribution in [1.82, 2.24) is 9.62 Å². The summed E-state index contributed by atoms with van der Waals surface area (Å²) in [6.07, 6.45) is 6.04. The molecule has 6 nitrogen and oxygen atoms in total. The number of hydrogen-bond donors (Lipinski definition) is 2. The zero-order chi connectivity index (χ0) is 15.5. The van der Waals surface area contributed by atoms with Crippen molar-refractivity contribution in [2.75, 3.05) is 6.54 Å². The molecule has 1 aromatic carbocycles. The Hall–Kier alpha value is -2.12. The second kappa shape index (κ2) is 6.11. The third-order valence-electron chi connectivity index (χ3n) is 2.98. The zero-order valence-corrected chi connectivity index (χ0v) is 12.4. The summed E-state index contributed by atoms with van der Waals surface area (Å²) >= 11 is 0. The monoisotopic (exact) mass is 307 g/mol. The molecule has 0 saturated heterocycles. The number of allylic oxidation sites excluding steroid dienone is 2. The number of nitrogens with two attached hydrogens (primary N) is 1. The van der Waals surface area contributed by atoms with E-state index in [9.17, 15) is 13.2 Å². The normalized spacial score (nSPS) is 18.0. The van der Waals surface area contributed by atoms with Crippen molar-refractivity contribution < 1.29 is 13.2 Å². The molecule has 1 amide bonds. The first-order valence-corrected chi connectivity index (χ1v) is 7.85. The second-order valence-electron chi connectivity index (χ2n) is 4.74. The number of primary amides is 1. The molecule has 0 fully saturated rings. The van der Waals surface area contributed by atoms with Gasteiger partial charge < -0.3 is 10.6 Å². The maximum atomic E-state index is 12.3. The molecule has 1 aliphatic rings. The summed E-state index contributed by atoms with van der Waals surface area (Å²) in [5.41, 5.74) is 6.14.